The number of anilines is 1. The summed E-state index contributed by atoms with van der Waals surface area (Å²) < 4.78 is 2.06. The lowest BCUT2D eigenvalue weighted by atomic mass is 10.1. The zero-order valence-corrected chi connectivity index (χ0v) is 17.6. The number of benzene rings is 2. The molecular weight excluding hydrogens is 368 g/mol. The molecule has 0 radical (unpaired) electrons. The van der Waals surface area contributed by atoms with E-state index in [4.69, 9.17) is 0 Å². The summed E-state index contributed by atoms with van der Waals surface area (Å²) in [5.41, 5.74) is 3.16. The van der Waals surface area contributed by atoms with Crippen LogP contribution in [0.4, 0.5) is 5.69 Å². The van der Waals surface area contributed by atoms with E-state index in [1.165, 1.54) is 17.3 Å². The zero-order valence-electron chi connectivity index (χ0n) is 16.8. The first-order valence-electron chi connectivity index (χ1n) is 9.51. The van der Waals surface area contributed by atoms with Crippen LogP contribution >= 0.6 is 11.8 Å². The van der Waals surface area contributed by atoms with Gasteiger partial charge in [0.2, 0.25) is 5.91 Å². The molecule has 6 heteroatoms. The average Bonchev–Trinajstić information content (AvgIpc) is 3.10. The minimum Gasteiger partial charge on any atom is -0.309 e. The van der Waals surface area contributed by atoms with Crippen LogP contribution in [-0.4, -0.2) is 32.5 Å². The molecule has 0 aliphatic carbocycles. The molecule has 0 N–H and O–H groups in total. The molecule has 0 fully saturated rings. The molecule has 5 nitrogen and oxygen atoms in total. The molecule has 0 unspecified atom stereocenters. The second-order valence-electron chi connectivity index (χ2n) is 6.90. The molecule has 28 heavy (non-hydrogen) atoms. The first-order chi connectivity index (χ1) is 13.5. The number of aryl methyl sites for hydroxylation is 1. The van der Waals surface area contributed by atoms with Crippen molar-refractivity contribution in [2.45, 2.75) is 45.4 Å². The molecule has 3 aromatic rings. The van der Waals surface area contributed by atoms with Gasteiger partial charge >= 0.3 is 0 Å². The van der Waals surface area contributed by atoms with Crippen molar-refractivity contribution in [3.05, 3.63) is 60.2 Å². The quantitative estimate of drug-likeness (QED) is 0.540. The number of carbonyl (C=O) groups excluding carboxylic acids is 1. The highest BCUT2D eigenvalue weighted by Gasteiger charge is 2.21. The van der Waals surface area contributed by atoms with E-state index in [1.807, 2.05) is 49.1 Å². The Morgan fingerprint density at radius 3 is 2.36 bits per heavy atom. The lowest BCUT2D eigenvalue weighted by Gasteiger charge is -2.26. The molecule has 3 rings (SSSR count). The average molecular weight is 395 g/mol. The lowest BCUT2D eigenvalue weighted by molar-refractivity contribution is -0.116. The van der Waals surface area contributed by atoms with Gasteiger partial charge in [-0.1, -0.05) is 59.8 Å². The van der Waals surface area contributed by atoms with Crippen molar-refractivity contribution in [3.8, 4) is 11.4 Å². The highest BCUT2D eigenvalue weighted by atomic mass is 32.2. The highest BCUT2D eigenvalue weighted by molar-refractivity contribution is 7.99. The van der Waals surface area contributed by atoms with Gasteiger partial charge in [0.1, 0.15) is 0 Å². The molecular formula is C22H26N4OS. The summed E-state index contributed by atoms with van der Waals surface area (Å²) in [4.78, 5) is 14.8. The largest absolute Gasteiger partial charge is 0.309 e. The number of amides is 1. The van der Waals surface area contributed by atoms with Crippen LogP contribution in [0.2, 0.25) is 0 Å². The molecule has 0 saturated carbocycles. The maximum Gasteiger partial charge on any atom is 0.237 e. The predicted octanol–water partition coefficient (Wildman–Crippen LogP) is 4.81. The van der Waals surface area contributed by atoms with Crippen LogP contribution in [0.1, 0.15) is 26.3 Å². The summed E-state index contributed by atoms with van der Waals surface area (Å²) in [5, 5.41) is 9.48. The van der Waals surface area contributed by atoms with Crippen molar-refractivity contribution in [2.75, 3.05) is 10.7 Å². The third kappa shape index (κ3) is 4.44. The van der Waals surface area contributed by atoms with Crippen LogP contribution in [0.5, 0.6) is 0 Å². The van der Waals surface area contributed by atoms with Gasteiger partial charge in [0, 0.05) is 23.8 Å². The fourth-order valence-electron chi connectivity index (χ4n) is 3.11. The van der Waals surface area contributed by atoms with Gasteiger partial charge in [0.25, 0.3) is 0 Å². The summed E-state index contributed by atoms with van der Waals surface area (Å²) in [5.74, 6) is 1.22. The number of hydrogen-bond acceptors (Lipinski definition) is 4. The van der Waals surface area contributed by atoms with Crippen molar-refractivity contribution in [2.24, 2.45) is 0 Å². The first kappa shape index (κ1) is 20.1. The van der Waals surface area contributed by atoms with E-state index < -0.39 is 0 Å². The summed E-state index contributed by atoms with van der Waals surface area (Å²) in [6.07, 6.45) is 0. The molecule has 0 saturated heterocycles. The van der Waals surface area contributed by atoms with Gasteiger partial charge in [-0.2, -0.15) is 0 Å². The number of hydrogen-bond donors (Lipinski definition) is 0. The highest BCUT2D eigenvalue weighted by Crippen LogP contribution is 2.25. The van der Waals surface area contributed by atoms with Crippen LogP contribution < -0.4 is 4.90 Å². The van der Waals surface area contributed by atoms with Gasteiger partial charge < -0.3 is 9.47 Å². The van der Waals surface area contributed by atoms with Gasteiger partial charge in [0.05, 0.1) is 5.75 Å². The number of aromatic nitrogens is 3. The Hall–Kier alpha value is -2.60. The molecule has 1 amide bonds. The van der Waals surface area contributed by atoms with Gasteiger partial charge in [-0.3, -0.25) is 4.79 Å². The van der Waals surface area contributed by atoms with E-state index >= 15 is 0 Å². The molecule has 1 aromatic heterocycles. The number of rotatable bonds is 7. The van der Waals surface area contributed by atoms with Crippen LogP contribution in [0.3, 0.4) is 0 Å². The lowest BCUT2D eigenvalue weighted by Crippen LogP contribution is -2.38. The van der Waals surface area contributed by atoms with Crippen LogP contribution in [0.25, 0.3) is 11.4 Å². The molecule has 146 valence electrons. The summed E-state index contributed by atoms with van der Waals surface area (Å²) >= 11 is 1.44. The number of thioether (sulfide) groups is 1. The SMILES string of the molecule is CCn1c(SCC(=O)N(c2ccccc2)C(C)C)nnc1-c1ccc(C)cc1. The Morgan fingerprint density at radius 2 is 1.75 bits per heavy atom. The van der Waals surface area contributed by atoms with Crippen LogP contribution in [0.15, 0.2) is 59.8 Å². The minimum absolute atomic E-state index is 0.0636. The van der Waals surface area contributed by atoms with Gasteiger partial charge in [-0.05, 0) is 39.8 Å². The number of para-hydroxylation sites is 1. The van der Waals surface area contributed by atoms with E-state index in [0.717, 1.165) is 28.8 Å². The fraction of sp³-hybridized carbons (Fsp3) is 0.318. The molecule has 1 heterocycles. The van der Waals surface area contributed by atoms with Crippen molar-refractivity contribution in [3.63, 3.8) is 0 Å². The Kier molecular flexibility index (Phi) is 6.52. The topological polar surface area (TPSA) is 51.0 Å². The molecule has 0 bridgehead atoms. The Morgan fingerprint density at radius 1 is 1.07 bits per heavy atom. The molecule has 0 atom stereocenters. The summed E-state index contributed by atoms with van der Waals surface area (Å²) in [7, 11) is 0. The smallest absolute Gasteiger partial charge is 0.237 e. The van der Waals surface area contributed by atoms with E-state index in [9.17, 15) is 4.79 Å². The Labute approximate surface area is 170 Å². The van der Waals surface area contributed by atoms with E-state index in [0.29, 0.717) is 5.75 Å². The maximum absolute atomic E-state index is 12.9. The first-order valence-corrected chi connectivity index (χ1v) is 10.5. The molecule has 2 aromatic carbocycles. The zero-order chi connectivity index (χ0) is 20.1. The molecule has 0 spiro atoms. The van der Waals surface area contributed by atoms with Crippen molar-refractivity contribution in [1.29, 1.82) is 0 Å². The minimum atomic E-state index is 0.0636. The van der Waals surface area contributed by atoms with E-state index in [-0.39, 0.29) is 11.9 Å². The van der Waals surface area contributed by atoms with E-state index in [1.54, 1.807) is 0 Å². The molecule has 0 aliphatic heterocycles. The third-order valence-electron chi connectivity index (χ3n) is 4.49. The number of carbonyl (C=O) groups is 1. The normalized spacial score (nSPS) is 11.0. The Balaban J connectivity index is 1.77. The van der Waals surface area contributed by atoms with Gasteiger partial charge in [0.15, 0.2) is 11.0 Å². The predicted molar refractivity (Wildman–Crippen MR) is 116 cm³/mol. The number of nitrogens with zero attached hydrogens (tertiary/aromatic N) is 4. The second kappa shape index (κ2) is 9.06. The molecule has 0 aliphatic rings. The van der Waals surface area contributed by atoms with E-state index in [2.05, 4.69) is 52.9 Å². The van der Waals surface area contributed by atoms with Crippen molar-refractivity contribution >= 4 is 23.4 Å². The van der Waals surface area contributed by atoms with Gasteiger partial charge in [-0.15, -0.1) is 10.2 Å². The summed E-state index contributed by atoms with van der Waals surface area (Å²) in [6, 6.07) is 18.1. The Bertz CT molecular complexity index is 919. The van der Waals surface area contributed by atoms with Crippen LogP contribution in [-0.2, 0) is 11.3 Å². The second-order valence-corrected chi connectivity index (χ2v) is 7.84. The third-order valence-corrected chi connectivity index (χ3v) is 5.44. The van der Waals surface area contributed by atoms with Crippen molar-refractivity contribution < 1.29 is 4.79 Å². The van der Waals surface area contributed by atoms with Crippen molar-refractivity contribution in [1.82, 2.24) is 14.8 Å². The van der Waals surface area contributed by atoms with Crippen LogP contribution in [0, 0.1) is 6.92 Å². The fourth-order valence-corrected chi connectivity index (χ4v) is 3.97. The maximum atomic E-state index is 12.9. The summed E-state index contributed by atoms with van der Waals surface area (Å²) in [6.45, 7) is 8.93. The monoisotopic (exact) mass is 394 g/mol. The standard InChI is InChI=1S/C22H26N4OS/c1-5-25-21(18-13-11-17(4)12-14-18)23-24-22(25)28-15-20(27)26(16(2)3)19-9-7-6-8-10-19/h6-14,16H,5,15H2,1-4H3. The van der Waals surface area contributed by atoms with Gasteiger partial charge in [-0.25, -0.2) is 0 Å².